The minimum absolute atomic E-state index is 0.243. The normalized spacial score (nSPS) is 9.90. The van der Waals surface area contributed by atoms with E-state index < -0.39 is 0 Å². The van der Waals surface area contributed by atoms with Crippen LogP contribution in [0.15, 0.2) is 6.33 Å². The number of aromatic nitrogens is 2. The van der Waals surface area contributed by atoms with Gasteiger partial charge in [0.1, 0.15) is 11.3 Å². The van der Waals surface area contributed by atoms with Crippen LogP contribution in [0.2, 0.25) is 10.2 Å². The second kappa shape index (κ2) is 3.37. The second-order valence-electron chi connectivity index (χ2n) is 1.56. The Balaban J connectivity index is 3.14. The number of rotatable bonds is 1. The summed E-state index contributed by atoms with van der Waals surface area (Å²) in [5.41, 5.74) is 0.559. The number of halogens is 3. The Bertz CT molecular complexity index is 238. The molecule has 0 atom stereocenters. The highest BCUT2D eigenvalue weighted by atomic mass is 35.5. The van der Waals surface area contributed by atoms with Gasteiger partial charge in [-0.15, -0.1) is 11.6 Å². The molecule has 0 aliphatic carbocycles. The molecule has 5 heteroatoms. The van der Waals surface area contributed by atoms with Crippen LogP contribution in [0.25, 0.3) is 0 Å². The molecule has 0 saturated carbocycles. The molecule has 0 aliphatic heterocycles. The van der Waals surface area contributed by atoms with E-state index in [0.717, 1.165) is 0 Å². The zero-order valence-corrected chi connectivity index (χ0v) is 7.08. The Labute approximate surface area is 73.1 Å². The van der Waals surface area contributed by atoms with Crippen molar-refractivity contribution in [3.63, 3.8) is 0 Å². The van der Waals surface area contributed by atoms with Crippen LogP contribution >= 0.6 is 34.8 Å². The average Bonchev–Trinajstić information content (AvgIpc) is 1.95. The van der Waals surface area contributed by atoms with Gasteiger partial charge >= 0.3 is 0 Å². The quantitative estimate of drug-likeness (QED) is 0.511. The first-order chi connectivity index (χ1) is 4.75. The van der Waals surface area contributed by atoms with E-state index in [1.807, 2.05) is 0 Å². The lowest BCUT2D eigenvalue weighted by molar-refractivity contribution is 1.08. The van der Waals surface area contributed by atoms with Crippen molar-refractivity contribution in [2.75, 3.05) is 0 Å². The molecule has 0 unspecified atom stereocenters. The van der Waals surface area contributed by atoms with Crippen LogP contribution in [0.1, 0.15) is 5.69 Å². The van der Waals surface area contributed by atoms with Crippen LogP contribution in [0.4, 0.5) is 0 Å². The molecule has 0 aliphatic rings. The van der Waals surface area contributed by atoms with Gasteiger partial charge in [0.2, 0.25) is 0 Å². The minimum atomic E-state index is 0.243. The molecule has 0 N–H and O–H groups in total. The molecule has 1 aromatic rings. The monoisotopic (exact) mass is 196 g/mol. The van der Waals surface area contributed by atoms with E-state index in [-0.39, 0.29) is 11.0 Å². The third-order valence-electron chi connectivity index (χ3n) is 0.946. The van der Waals surface area contributed by atoms with E-state index in [4.69, 9.17) is 34.8 Å². The topological polar surface area (TPSA) is 25.8 Å². The minimum Gasteiger partial charge on any atom is -0.238 e. The highest BCUT2D eigenvalue weighted by molar-refractivity contribution is 6.41. The van der Waals surface area contributed by atoms with Crippen LogP contribution < -0.4 is 0 Å². The Morgan fingerprint density at radius 1 is 1.30 bits per heavy atom. The van der Waals surface area contributed by atoms with Crippen LogP contribution in [-0.2, 0) is 5.88 Å². The molecular formula is C5H3Cl3N2. The summed E-state index contributed by atoms with van der Waals surface area (Å²) in [4.78, 5) is 7.45. The molecule has 1 rings (SSSR count). The highest BCUT2D eigenvalue weighted by Gasteiger charge is 2.04. The molecule has 0 spiro atoms. The van der Waals surface area contributed by atoms with E-state index in [1.54, 1.807) is 0 Å². The van der Waals surface area contributed by atoms with Crippen LogP contribution in [0.5, 0.6) is 0 Å². The maximum atomic E-state index is 5.65. The molecule has 0 bridgehead atoms. The Hall–Kier alpha value is -0.0500. The molecule has 10 heavy (non-hydrogen) atoms. The maximum Gasteiger partial charge on any atom is 0.151 e. The van der Waals surface area contributed by atoms with E-state index in [9.17, 15) is 0 Å². The zero-order valence-electron chi connectivity index (χ0n) is 4.81. The number of nitrogens with zero attached hydrogens (tertiary/aromatic N) is 2. The van der Waals surface area contributed by atoms with Gasteiger partial charge in [-0.2, -0.15) is 0 Å². The van der Waals surface area contributed by atoms with Gasteiger partial charge in [0.25, 0.3) is 0 Å². The number of alkyl halides is 1. The van der Waals surface area contributed by atoms with Gasteiger partial charge in [0.15, 0.2) is 5.15 Å². The van der Waals surface area contributed by atoms with E-state index in [1.165, 1.54) is 6.33 Å². The molecule has 2 nitrogen and oxygen atoms in total. The van der Waals surface area contributed by atoms with Gasteiger partial charge in [-0.25, -0.2) is 9.97 Å². The first-order valence-electron chi connectivity index (χ1n) is 2.46. The molecule has 1 aromatic heterocycles. The largest absolute Gasteiger partial charge is 0.238 e. The van der Waals surface area contributed by atoms with Gasteiger partial charge in [-0.1, -0.05) is 23.2 Å². The van der Waals surface area contributed by atoms with Crippen molar-refractivity contribution in [3.05, 3.63) is 22.2 Å². The number of hydrogen-bond donors (Lipinski definition) is 0. The molecular weight excluding hydrogens is 194 g/mol. The first-order valence-corrected chi connectivity index (χ1v) is 3.75. The SMILES string of the molecule is ClCc1ncnc(Cl)c1Cl. The Morgan fingerprint density at radius 3 is 2.50 bits per heavy atom. The van der Waals surface area contributed by atoms with Crippen molar-refractivity contribution in [3.8, 4) is 0 Å². The molecule has 1 heterocycles. The molecule has 0 fully saturated rings. The summed E-state index contributed by atoms with van der Waals surface area (Å²) in [5, 5.41) is 0.575. The highest BCUT2D eigenvalue weighted by Crippen LogP contribution is 2.22. The van der Waals surface area contributed by atoms with Gasteiger partial charge in [0, 0.05) is 0 Å². The lowest BCUT2D eigenvalue weighted by Crippen LogP contribution is -1.88. The summed E-state index contributed by atoms with van der Waals surface area (Å²) in [6.07, 6.45) is 1.33. The Kier molecular flexibility index (Phi) is 2.72. The van der Waals surface area contributed by atoms with Crippen LogP contribution in [-0.4, -0.2) is 9.97 Å². The van der Waals surface area contributed by atoms with Crippen molar-refractivity contribution in [1.29, 1.82) is 0 Å². The zero-order chi connectivity index (χ0) is 7.56. The summed E-state index contributed by atoms with van der Waals surface area (Å²) >= 11 is 16.7. The van der Waals surface area contributed by atoms with Crippen molar-refractivity contribution in [2.45, 2.75) is 5.88 Å². The molecule has 0 radical (unpaired) electrons. The van der Waals surface area contributed by atoms with Crippen molar-refractivity contribution < 1.29 is 0 Å². The summed E-state index contributed by atoms with van der Waals surface area (Å²) in [6, 6.07) is 0. The van der Waals surface area contributed by atoms with Crippen molar-refractivity contribution in [1.82, 2.24) is 9.97 Å². The third-order valence-corrected chi connectivity index (χ3v) is 1.98. The fourth-order valence-corrected chi connectivity index (χ4v) is 1.06. The Morgan fingerprint density at radius 2 is 2.00 bits per heavy atom. The standard InChI is InChI=1S/C5H3Cl3N2/c6-1-3-4(7)5(8)10-2-9-3/h2H,1H2. The predicted molar refractivity (Wildman–Crippen MR) is 41.6 cm³/mol. The van der Waals surface area contributed by atoms with E-state index in [0.29, 0.717) is 10.7 Å². The van der Waals surface area contributed by atoms with Crippen LogP contribution in [0, 0.1) is 0 Å². The summed E-state index contributed by atoms with van der Waals surface area (Å²) < 4.78 is 0. The fourth-order valence-electron chi connectivity index (χ4n) is 0.475. The smallest absolute Gasteiger partial charge is 0.151 e. The number of hydrogen-bond acceptors (Lipinski definition) is 2. The third kappa shape index (κ3) is 1.51. The van der Waals surface area contributed by atoms with E-state index >= 15 is 0 Å². The van der Waals surface area contributed by atoms with Gasteiger partial charge in [-0.05, 0) is 0 Å². The van der Waals surface area contributed by atoms with Crippen molar-refractivity contribution >= 4 is 34.8 Å². The molecule has 0 saturated heterocycles. The summed E-state index contributed by atoms with van der Waals surface area (Å²) in [6.45, 7) is 0. The lowest BCUT2D eigenvalue weighted by atomic mass is 10.4. The van der Waals surface area contributed by atoms with Crippen LogP contribution in [0.3, 0.4) is 0 Å². The molecule has 54 valence electrons. The lowest BCUT2D eigenvalue weighted by Gasteiger charge is -1.97. The van der Waals surface area contributed by atoms with Gasteiger partial charge in [0.05, 0.1) is 11.6 Å². The summed E-state index contributed by atoms with van der Waals surface area (Å²) in [5.74, 6) is 0.251. The second-order valence-corrected chi connectivity index (χ2v) is 2.56. The fraction of sp³-hybridized carbons (Fsp3) is 0.200. The van der Waals surface area contributed by atoms with E-state index in [2.05, 4.69) is 9.97 Å². The average molecular weight is 197 g/mol. The molecule has 0 aromatic carbocycles. The first kappa shape index (κ1) is 8.05. The van der Waals surface area contributed by atoms with Gasteiger partial charge in [-0.3, -0.25) is 0 Å². The maximum absolute atomic E-state index is 5.65. The van der Waals surface area contributed by atoms with Crippen molar-refractivity contribution in [2.24, 2.45) is 0 Å². The van der Waals surface area contributed by atoms with Gasteiger partial charge < -0.3 is 0 Å². The summed E-state index contributed by atoms with van der Waals surface area (Å²) in [7, 11) is 0. The molecule has 0 amide bonds. The predicted octanol–water partition coefficient (Wildman–Crippen LogP) is 2.52.